The van der Waals surface area contributed by atoms with Gasteiger partial charge in [-0.05, 0) is 57.0 Å². The molecular formula is C25H33N3O2S. The quantitative estimate of drug-likeness (QED) is 0.681. The molecule has 2 aromatic rings. The van der Waals surface area contributed by atoms with E-state index in [4.69, 9.17) is 11.2 Å². The monoisotopic (exact) mass is 440 g/mol. The first-order valence-electron chi connectivity index (χ1n) is 11.4. The molecule has 2 heterocycles. The first-order valence-corrected chi connectivity index (χ1v) is 11.8. The fourth-order valence-corrected chi connectivity index (χ4v) is 5.47. The normalized spacial score (nSPS) is 18.6. The van der Waals surface area contributed by atoms with Gasteiger partial charge < -0.3 is 14.7 Å². The SMILES string of the molecule is [2H]OCCOCCN1CCN(C2=Nc3cc(C)c(C)cc3Sc3ccccc32)C(C)(C)C1. The number of aliphatic hydroxyl groups excluding tert-OH is 1. The Labute approximate surface area is 191 Å². The largest absolute Gasteiger partial charge is 0.394 e. The summed E-state index contributed by atoms with van der Waals surface area (Å²) < 4.78 is 12.3. The standard InChI is InChI=1S/C25H33N3O2S/c1-18-15-21-23(16-19(18)2)31-22-8-6-5-7-20(22)24(26-21)28-10-9-27(17-25(28,3)4)11-13-30-14-12-29/h5-8,15-16,29H,9-14,17H2,1-4H3/i29D. The molecule has 0 atom stereocenters. The van der Waals surface area contributed by atoms with Crippen molar-refractivity contribution in [1.82, 2.24) is 9.80 Å². The molecule has 0 spiro atoms. The van der Waals surface area contributed by atoms with Gasteiger partial charge in [-0.15, -0.1) is 0 Å². The molecule has 0 unspecified atom stereocenters. The van der Waals surface area contributed by atoms with E-state index >= 15 is 0 Å². The molecule has 0 aromatic heterocycles. The molecule has 31 heavy (non-hydrogen) atoms. The van der Waals surface area contributed by atoms with Gasteiger partial charge in [0, 0.05) is 47.1 Å². The predicted molar refractivity (Wildman–Crippen MR) is 128 cm³/mol. The van der Waals surface area contributed by atoms with Crippen LogP contribution in [-0.2, 0) is 4.74 Å². The molecule has 166 valence electrons. The molecule has 2 aliphatic rings. The van der Waals surface area contributed by atoms with Gasteiger partial charge in [0.2, 0.25) is 1.43 Å². The molecule has 0 aliphatic carbocycles. The Kier molecular flexibility index (Phi) is 6.32. The molecule has 5 nitrogen and oxygen atoms in total. The Bertz CT molecular complexity index is 995. The number of amidine groups is 1. The summed E-state index contributed by atoms with van der Waals surface area (Å²) in [6.45, 7) is 14.1. The van der Waals surface area contributed by atoms with Crippen LogP contribution in [0.25, 0.3) is 0 Å². The van der Waals surface area contributed by atoms with Gasteiger partial charge in [0.15, 0.2) is 0 Å². The summed E-state index contributed by atoms with van der Waals surface area (Å²) in [5.41, 5.74) is 4.79. The maximum Gasteiger partial charge on any atom is 0.210 e. The number of piperazine rings is 1. The third-order valence-electron chi connectivity index (χ3n) is 6.17. The minimum absolute atomic E-state index is 0.0661. The van der Waals surface area contributed by atoms with Crippen molar-refractivity contribution < 1.29 is 9.85 Å². The molecule has 0 amide bonds. The molecule has 2 aromatic carbocycles. The van der Waals surface area contributed by atoms with Crippen LogP contribution in [-0.4, -0.2) is 73.7 Å². The van der Waals surface area contributed by atoms with Gasteiger partial charge in [-0.25, -0.2) is 4.99 Å². The zero-order valence-corrected chi connectivity index (χ0v) is 19.8. The van der Waals surface area contributed by atoms with Crippen LogP contribution in [0.15, 0.2) is 51.2 Å². The van der Waals surface area contributed by atoms with Gasteiger partial charge in [0.25, 0.3) is 0 Å². The zero-order chi connectivity index (χ0) is 22.7. The number of aliphatic imine (C=N–C) groups is 1. The van der Waals surface area contributed by atoms with Crippen LogP contribution >= 0.6 is 11.8 Å². The van der Waals surface area contributed by atoms with E-state index in [-0.39, 0.29) is 5.54 Å². The van der Waals surface area contributed by atoms with Crippen LogP contribution < -0.4 is 0 Å². The van der Waals surface area contributed by atoms with Crippen molar-refractivity contribution >= 4 is 23.3 Å². The first-order chi connectivity index (χ1) is 15.4. The van der Waals surface area contributed by atoms with E-state index in [1.165, 1.54) is 26.5 Å². The predicted octanol–water partition coefficient (Wildman–Crippen LogP) is 4.25. The number of rotatable bonds is 6. The Morgan fingerprint density at radius 2 is 1.94 bits per heavy atom. The van der Waals surface area contributed by atoms with E-state index < -0.39 is 0 Å². The third-order valence-corrected chi connectivity index (χ3v) is 7.29. The topological polar surface area (TPSA) is 48.3 Å². The number of aryl methyl sites for hydroxylation is 2. The lowest BCUT2D eigenvalue weighted by molar-refractivity contribution is 0.0340. The van der Waals surface area contributed by atoms with Crippen molar-refractivity contribution in [3.63, 3.8) is 0 Å². The summed E-state index contributed by atoms with van der Waals surface area (Å²) in [5, 5.41) is 4.32. The fraction of sp³-hybridized carbons (Fsp3) is 0.480. The van der Waals surface area contributed by atoms with Gasteiger partial charge in [0.1, 0.15) is 5.84 Å². The third kappa shape index (κ3) is 4.82. The number of aliphatic hydroxyl groups is 1. The Hall–Kier alpha value is -1.86. The van der Waals surface area contributed by atoms with Gasteiger partial charge >= 0.3 is 0 Å². The summed E-state index contributed by atoms with van der Waals surface area (Å²) in [4.78, 5) is 12.7. The number of ether oxygens (including phenoxy) is 1. The molecule has 0 radical (unpaired) electrons. The average molecular weight is 441 g/mol. The molecule has 0 saturated carbocycles. The summed E-state index contributed by atoms with van der Waals surface area (Å²) in [6, 6.07) is 13.1. The van der Waals surface area contributed by atoms with Crippen molar-refractivity contribution in [2.45, 2.75) is 43.0 Å². The molecule has 1 N–H and O–H groups in total. The van der Waals surface area contributed by atoms with Crippen LogP contribution in [0.1, 0.15) is 30.5 Å². The van der Waals surface area contributed by atoms with Crippen molar-refractivity contribution in [3.05, 3.63) is 53.1 Å². The van der Waals surface area contributed by atoms with E-state index in [1.54, 1.807) is 0 Å². The summed E-state index contributed by atoms with van der Waals surface area (Å²) >= 11 is 1.82. The van der Waals surface area contributed by atoms with E-state index in [0.717, 1.165) is 37.7 Å². The second-order valence-electron chi connectivity index (χ2n) is 8.99. The highest BCUT2D eigenvalue weighted by Gasteiger charge is 2.37. The van der Waals surface area contributed by atoms with E-state index in [0.29, 0.717) is 19.8 Å². The molecule has 1 saturated heterocycles. The molecule has 4 rings (SSSR count). The van der Waals surface area contributed by atoms with E-state index in [2.05, 4.69) is 79.0 Å². The summed E-state index contributed by atoms with van der Waals surface area (Å²) in [7, 11) is 0. The zero-order valence-electron chi connectivity index (χ0n) is 20.0. The number of hydrogen-bond acceptors (Lipinski definition) is 6. The molecule has 1 fully saturated rings. The highest BCUT2D eigenvalue weighted by atomic mass is 32.2. The van der Waals surface area contributed by atoms with Crippen molar-refractivity contribution in [3.8, 4) is 0 Å². The van der Waals surface area contributed by atoms with Crippen LogP contribution in [0.3, 0.4) is 0 Å². The second kappa shape index (κ2) is 9.33. The minimum atomic E-state index is -0.0661. The Balaban J connectivity index is 1.60. The first kappa shape index (κ1) is 21.0. The van der Waals surface area contributed by atoms with E-state index in [9.17, 15) is 0 Å². The number of fused-ring (bicyclic) bond motifs is 2. The number of hydrogen-bond donors (Lipinski definition) is 1. The molecular weight excluding hydrogens is 406 g/mol. The highest BCUT2D eigenvalue weighted by molar-refractivity contribution is 7.99. The van der Waals surface area contributed by atoms with Crippen molar-refractivity contribution in [1.29, 1.82) is 1.43 Å². The summed E-state index contributed by atoms with van der Waals surface area (Å²) in [5.74, 6) is 1.07. The summed E-state index contributed by atoms with van der Waals surface area (Å²) in [6.07, 6.45) is 0. The lowest BCUT2D eigenvalue weighted by atomic mass is 9.97. The second-order valence-corrected chi connectivity index (χ2v) is 10.1. The minimum Gasteiger partial charge on any atom is -0.394 e. The Morgan fingerprint density at radius 1 is 1.13 bits per heavy atom. The van der Waals surface area contributed by atoms with Gasteiger partial charge in [-0.2, -0.15) is 0 Å². The van der Waals surface area contributed by atoms with Crippen LogP contribution in [0.5, 0.6) is 0 Å². The van der Waals surface area contributed by atoms with Crippen LogP contribution in [0.4, 0.5) is 5.69 Å². The number of benzene rings is 2. The lowest BCUT2D eigenvalue weighted by Gasteiger charge is -2.48. The van der Waals surface area contributed by atoms with E-state index in [1.807, 2.05) is 11.8 Å². The van der Waals surface area contributed by atoms with Crippen molar-refractivity contribution in [2.75, 3.05) is 46.0 Å². The van der Waals surface area contributed by atoms with Gasteiger partial charge in [-0.1, -0.05) is 30.0 Å². The maximum atomic E-state index is 6.73. The maximum absolute atomic E-state index is 6.73. The smallest absolute Gasteiger partial charge is 0.210 e. The molecule has 2 aliphatic heterocycles. The molecule has 6 heteroatoms. The van der Waals surface area contributed by atoms with Crippen LogP contribution in [0.2, 0.25) is 0 Å². The van der Waals surface area contributed by atoms with Crippen molar-refractivity contribution in [2.24, 2.45) is 4.99 Å². The molecule has 0 bridgehead atoms. The van der Waals surface area contributed by atoms with Crippen LogP contribution in [0, 0.1) is 13.8 Å². The average Bonchev–Trinajstić information content (AvgIpc) is 2.90. The lowest BCUT2D eigenvalue weighted by Crippen LogP contribution is -2.61. The fourth-order valence-electron chi connectivity index (χ4n) is 4.38. The van der Waals surface area contributed by atoms with Gasteiger partial charge in [-0.3, -0.25) is 4.90 Å². The van der Waals surface area contributed by atoms with Gasteiger partial charge in [0.05, 0.1) is 25.5 Å². The Morgan fingerprint density at radius 3 is 2.74 bits per heavy atom. The highest BCUT2D eigenvalue weighted by Crippen LogP contribution is 2.42. The number of nitrogens with zero attached hydrogens (tertiary/aromatic N) is 3.